The van der Waals surface area contributed by atoms with Gasteiger partial charge in [0.25, 0.3) is 0 Å². The molecule has 222 valence electrons. The zero-order chi connectivity index (χ0) is 31.2. The molecule has 0 N–H and O–H groups in total. The Balaban J connectivity index is 1.14. The minimum Gasteiger partial charge on any atom is -0.436 e. The molecule has 4 heteroatoms. The summed E-state index contributed by atoms with van der Waals surface area (Å²) in [6, 6.07) is 59.8. The summed E-state index contributed by atoms with van der Waals surface area (Å²) >= 11 is 1.84. The van der Waals surface area contributed by atoms with Crippen LogP contribution in [0.3, 0.4) is 0 Å². The highest BCUT2D eigenvalue weighted by Crippen LogP contribution is 2.42. The Kier molecular flexibility index (Phi) is 6.65. The van der Waals surface area contributed by atoms with E-state index < -0.39 is 0 Å². The summed E-state index contributed by atoms with van der Waals surface area (Å²) in [5.74, 6) is 0.631. The molecule has 0 bridgehead atoms. The van der Waals surface area contributed by atoms with Gasteiger partial charge in [-0.2, -0.15) is 0 Å². The van der Waals surface area contributed by atoms with E-state index in [1.165, 1.54) is 31.3 Å². The van der Waals surface area contributed by atoms with Crippen molar-refractivity contribution < 1.29 is 4.42 Å². The maximum atomic E-state index is 6.18. The molecular formula is C43H28N2OS. The molecule has 2 heterocycles. The summed E-state index contributed by atoms with van der Waals surface area (Å²) in [5, 5.41) is 2.57. The lowest BCUT2D eigenvalue weighted by Crippen LogP contribution is -2.09. The molecule has 0 aliphatic carbocycles. The highest BCUT2D eigenvalue weighted by Gasteiger charge is 2.17. The van der Waals surface area contributed by atoms with Crippen LogP contribution in [0.1, 0.15) is 0 Å². The first-order valence-corrected chi connectivity index (χ1v) is 16.5. The molecular weight excluding hydrogens is 593 g/mol. The van der Waals surface area contributed by atoms with Crippen molar-refractivity contribution >= 4 is 59.7 Å². The van der Waals surface area contributed by atoms with E-state index in [4.69, 9.17) is 9.40 Å². The van der Waals surface area contributed by atoms with Gasteiger partial charge in [0.2, 0.25) is 5.89 Å². The second-order valence-electron chi connectivity index (χ2n) is 11.6. The number of nitrogens with zero attached hydrogens (tertiary/aromatic N) is 2. The van der Waals surface area contributed by atoms with E-state index in [1.807, 2.05) is 53.8 Å². The second-order valence-corrected chi connectivity index (χ2v) is 12.7. The quantitative estimate of drug-likeness (QED) is 0.185. The Morgan fingerprint density at radius 1 is 0.447 bits per heavy atom. The third-order valence-corrected chi connectivity index (χ3v) is 9.88. The monoisotopic (exact) mass is 620 g/mol. The normalized spacial score (nSPS) is 11.4. The van der Waals surface area contributed by atoms with Gasteiger partial charge in [-0.05, 0) is 83.4 Å². The van der Waals surface area contributed by atoms with Crippen molar-refractivity contribution in [2.75, 3.05) is 4.90 Å². The molecule has 47 heavy (non-hydrogen) atoms. The lowest BCUT2D eigenvalue weighted by atomic mass is 10.0. The third-order valence-electron chi connectivity index (χ3n) is 8.73. The van der Waals surface area contributed by atoms with E-state index in [9.17, 15) is 0 Å². The molecule has 0 saturated carbocycles. The number of hydrogen-bond acceptors (Lipinski definition) is 4. The summed E-state index contributed by atoms with van der Waals surface area (Å²) in [5.41, 5.74) is 10.4. The number of oxazole rings is 1. The average molecular weight is 621 g/mol. The van der Waals surface area contributed by atoms with Crippen molar-refractivity contribution in [3.63, 3.8) is 0 Å². The molecule has 3 nitrogen and oxygen atoms in total. The van der Waals surface area contributed by atoms with E-state index in [1.54, 1.807) is 0 Å². The zero-order valence-electron chi connectivity index (χ0n) is 25.4. The van der Waals surface area contributed by atoms with E-state index >= 15 is 0 Å². The van der Waals surface area contributed by atoms with Crippen molar-refractivity contribution in [2.24, 2.45) is 0 Å². The van der Waals surface area contributed by atoms with E-state index in [-0.39, 0.29) is 0 Å². The van der Waals surface area contributed by atoms with Gasteiger partial charge in [-0.3, -0.25) is 0 Å². The first-order valence-electron chi connectivity index (χ1n) is 15.7. The van der Waals surface area contributed by atoms with Crippen LogP contribution in [0, 0.1) is 0 Å². The van der Waals surface area contributed by atoms with Crippen molar-refractivity contribution in [3.8, 4) is 33.7 Å². The van der Waals surface area contributed by atoms with Gasteiger partial charge in [-0.1, -0.05) is 103 Å². The van der Waals surface area contributed by atoms with Gasteiger partial charge in [0.15, 0.2) is 5.58 Å². The predicted molar refractivity (Wildman–Crippen MR) is 198 cm³/mol. The minimum atomic E-state index is 0.631. The van der Waals surface area contributed by atoms with Gasteiger partial charge in [-0.25, -0.2) is 4.98 Å². The van der Waals surface area contributed by atoms with Crippen LogP contribution in [0.4, 0.5) is 17.1 Å². The SMILES string of the molecule is c1ccc(-c2ccc(N(c3ccc(-c4cccc5oc(-c6ccccc6)nc45)cc3)c3ccc4sc5ccccc5c4c3)cc2)cc1. The molecule has 0 atom stereocenters. The van der Waals surface area contributed by atoms with Crippen LogP contribution in [0.5, 0.6) is 0 Å². The van der Waals surface area contributed by atoms with Gasteiger partial charge in [0.1, 0.15) is 5.52 Å². The fourth-order valence-corrected chi connectivity index (χ4v) is 7.50. The molecule has 0 aliphatic heterocycles. The van der Waals surface area contributed by atoms with Crippen LogP contribution in [0.25, 0.3) is 65.0 Å². The molecule has 0 saturated heterocycles. The third kappa shape index (κ3) is 4.96. The van der Waals surface area contributed by atoms with Crippen molar-refractivity contribution in [1.82, 2.24) is 4.98 Å². The number of fused-ring (bicyclic) bond motifs is 4. The largest absolute Gasteiger partial charge is 0.436 e. The molecule has 0 fully saturated rings. The number of benzene rings is 7. The lowest BCUT2D eigenvalue weighted by Gasteiger charge is -2.26. The summed E-state index contributed by atoms with van der Waals surface area (Å²) in [7, 11) is 0. The lowest BCUT2D eigenvalue weighted by molar-refractivity contribution is 0.620. The van der Waals surface area contributed by atoms with Crippen molar-refractivity contribution in [3.05, 3.63) is 170 Å². The average Bonchev–Trinajstić information content (AvgIpc) is 3.75. The van der Waals surface area contributed by atoms with Crippen LogP contribution < -0.4 is 4.90 Å². The molecule has 0 aliphatic rings. The van der Waals surface area contributed by atoms with Crippen molar-refractivity contribution in [2.45, 2.75) is 0 Å². The van der Waals surface area contributed by atoms with Crippen LogP contribution >= 0.6 is 11.3 Å². The van der Waals surface area contributed by atoms with E-state index in [2.05, 4.69) is 132 Å². The molecule has 2 aromatic heterocycles. The van der Waals surface area contributed by atoms with Crippen molar-refractivity contribution in [1.29, 1.82) is 0 Å². The number of thiophene rings is 1. The smallest absolute Gasteiger partial charge is 0.227 e. The Morgan fingerprint density at radius 2 is 1.04 bits per heavy atom. The minimum absolute atomic E-state index is 0.631. The fourth-order valence-electron chi connectivity index (χ4n) is 6.41. The number of aromatic nitrogens is 1. The summed E-state index contributed by atoms with van der Waals surface area (Å²) in [4.78, 5) is 7.26. The summed E-state index contributed by atoms with van der Waals surface area (Å²) < 4.78 is 8.77. The molecule has 9 aromatic rings. The standard InChI is InChI=1S/C43H28N2OS/c1-3-10-29(11-4-1)30-18-22-33(23-19-30)45(35-26-27-41-38(28-35)37-14-7-8-17-40(37)47-41)34-24-20-31(21-25-34)36-15-9-16-39-42(36)44-43(46-39)32-12-5-2-6-13-32/h1-28H. The predicted octanol–water partition coefficient (Wildman–Crippen LogP) is 12.7. The van der Waals surface area contributed by atoms with Crippen LogP contribution in [0.15, 0.2) is 174 Å². The second kappa shape index (κ2) is 11.4. The molecule has 0 unspecified atom stereocenters. The highest BCUT2D eigenvalue weighted by atomic mass is 32.1. The van der Waals surface area contributed by atoms with Gasteiger partial charge >= 0.3 is 0 Å². The Bertz CT molecular complexity index is 2500. The molecule has 9 rings (SSSR count). The number of anilines is 3. The topological polar surface area (TPSA) is 29.3 Å². The number of para-hydroxylation sites is 1. The van der Waals surface area contributed by atoms with Gasteiger partial charge < -0.3 is 9.32 Å². The van der Waals surface area contributed by atoms with Gasteiger partial charge in [-0.15, -0.1) is 11.3 Å². The summed E-state index contributed by atoms with van der Waals surface area (Å²) in [6.45, 7) is 0. The van der Waals surface area contributed by atoms with E-state index in [0.717, 1.165) is 44.9 Å². The fraction of sp³-hybridized carbons (Fsp3) is 0. The molecule has 0 amide bonds. The van der Waals surface area contributed by atoms with Gasteiger partial charge in [0.05, 0.1) is 0 Å². The van der Waals surface area contributed by atoms with E-state index in [0.29, 0.717) is 5.89 Å². The Labute approximate surface area is 276 Å². The first-order chi connectivity index (χ1) is 23.3. The first kappa shape index (κ1) is 27.3. The molecule has 7 aromatic carbocycles. The maximum absolute atomic E-state index is 6.18. The van der Waals surface area contributed by atoms with Gasteiger partial charge in [0, 0.05) is 48.4 Å². The molecule has 0 spiro atoms. The Morgan fingerprint density at radius 3 is 1.79 bits per heavy atom. The maximum Gasteiger partial charge on any atom is 0.227 e. The summed E-state index contributed by atoms with van der Waals surface area (Å²) in [6.07, 6.45) is 0. The number of hydrogen-bond donors (Lipinski definition) is 0. The highest BCUT2D eigenvalue weighted by molar-refractivity contribution is 7.25. The Hall–Kier alpha value is -5.97. The zero-order valence-corrected chi connectivity index (χ0v) is 26.2. The van der Waals surface area contributed by atoms with Crippen LogP contribution in [-0.2, 0) is 0 Å². The molecule has 0 radical (unpaired) electrons. The van der Waals surface area contributed by atoms with Crippen LogP contribution in [-0.4, -0.2) is 4.98 Å². The van der Waals surface area contributed by atoms with Crippen LogP contribution in [0.2, 0.25) is 0 Å². The number of rotatable bonds is 6.